The maximum absolute atomic E-state index is 12.5. The molecule has 0 aliphatic carbocycles. The molecule has 0 radical (unpaired) electrons. The second kappa shape index (κ2) is 10.1. The Labute approximate surface area is 185 Å². The van der Waals surface area contributed by atoms with Crippen LogP contribution in [0, 0.1) is 18.3 Å². The van der Waals surface area contributed by atoms with E-state index in [2.05, 4.69) is 36.6 Å². The van der Waals surface area contributed by atoms with E-state index in [1.165, 1.54) is 11.3 Å². The van der Waals surface area contributed by atoms with Gasteiger partial charge in [0.25, 0.3) is 5.91 Å². The molecule has 0 spiro atoms. The number of anilines is 2. The Morgan fingerprint density at radius 2 is 2.16 bits per heavy atom. The van der Waals surface area contributed by atoms with Gasteiger partial charge in [0.15, 0.2) is 5.13 Å². The maximum Gasteiger partial charge on any atom is 0.271 e. The Hall–Kier alpha value is -2.61. The zero-order chi connectivity index (χ0) is 21.6. The number of carbonyl (C=O) groups excluding carboxylic acids is 1. The van der Waals surface area contributed by atoms with E-state index in [1.807, 2.05) is 13.0 Å². The zero-order valence-corrected chi connectivity index (χ0v) is 18.5. The molecule has 4 heterocycles. The number of hydrogen-bond acceptors (Lipinski definition) is 9. The van der Waals surface area contributed by atoms with Crippen LogP contribution in [-0.2, 0) is 4.74 Å². The van der Waals surface area contributed by atoms with Gasteiger partial charge in [-0.2, -0.15) is 5.26 Å². The molecule has 164 valence electrons. The van der Waals surface area contributed by atoms with Gasteiger partial charge in [0.2, 0.25) is 0 Å². The maximum atomic E-state index is 12.5. The van der Waals surface area contributed by atoms with Gasteiger partial charge in [-0.05, 0) is 39.2 Å². The van der Waals surface area contributed by atoms with Crippen molar-refractivity contribution in [3.8, 4) is 6.07 Å². The number of likely N-dealkylation sites (tertiary alicyclic amines) is 1. The van der Waals surface area contributed by atoms with Crippen molar-refractivity contribution in [1.29, 1.82) is 5.26 Å². The summed E-state index contributed by atoms with van der Waals surface area (Å²) in [6.07, 6.45) is 3.76. The van der Waals surface area contributed by atoms with Crippen molar-refractivity contribution in [2.24, 2.45) is 0 Å². The molecule has 0 aromatic carbocycles. The molecule has 2 aliphatic heterocycles. The quantitative estimate of drug-likeness (QED) is 0.657. The molecule has 1 unspecified atom stereocenters. The lowest BCUT2D eigenvalue weighted by atomic mass is 9.94. The smallest absolute Gasteiger partial charge is 0.271 e. The highest BCUT2D eigenvalue weighted by Gasteiger charge is 2.23. The first kappa shape index (κ1) is 21.6. The zero-order valence-electron chi connectivity index (χ0n) is 17.6. The molecule has 2 saturated heterocycles. The Morgan fingerprint density at radius 3 is 2.97 bits per heavy atom. The normalized spacial score (nSPS) is 20.2. The van der Waals surface area contributed by atoms with Gasteiger partial charge in [-0.3, -0.25) is 9.69 Å². The van der Waals surface area contributed by atoms with E-state index in [1.54, 1.807) is 5.38 Å². The first-order chi connectivity index (χ1) is 15.1. The molecule has 2 N–H and O–H groups in total. The van der Waals surface area contributed by atoms with E-state index in [9.17, 15) is 4.79 Å². The third-order valence-corrected chi connectivity index (χ3v) is 6.36. The Kier molecular flexibility index (Phi) is 7.06. The number of thiazole rings is 1. The van der Waals surface area contributed by atoms with Gasteiger partial charge in [0.1, 0.15) is 17.3 Å². The average Bonchev–Trinajstić information content (AvgIpc) is 3.23. The highest BCUT2D eigenvalue weighted by Crippen LogP contribution is 2.28. The van der Waals surface area contributed by atoms with Gasteiger partial charge in [0.05, 0.1) is 18.3 Å². The lowest BCUT2D eigenvalue weighted by Crippen LogP contribution is -2.39. The van der Waals surface area contributed by atoms with Crippen molar-refractivity contribution in [2.75, 3.05) is 38.2 Å². The van der Waals surface area contributed by atoms with Crippen LogP contribution in [0.25, 0.3) is 0 Å². The average molecular weight is 442 g/mol. The van der Waals surface area contributed by atoms with Crippen molar-refractivity contribution < 1.29 is 9.53 Å². The minimum atomic E-state index is -0.157. The number of nitriles is 1. The first-order valence-corrected chi connectivity index (χ1v) is 11.5. The van der Waals surface area contributed by atoms with Gasteiger partial charge in [-0.1, -0.05) is 0 Å². The van der Waals surface area contributed by atoms with Gasteiger partial charge in [0, 0.05) is 43.2 Å². The summed E-state index contributed by atoms with van der Waals surface area (Å²) in [5, 5.41) is 17.6. The molecule has 2 fully saturated rings. The number of carbonyl (C=O) groups is 1. The molecule has 2 aromatic rings. The fraction of sp³-hybridized carbons (Fsp3) is 0.571. The van der Waals surface area contributed by atoms with E-state index in [0.29, 0.717) is 42.2 Å². The van der Waals surface area contributed by atoms with Crippen molar-refractivity contribution in [3.05, 3.63) is 28.7 Å². The molecule has 0 bridgehead atoms. The minimum absolute atomic E-state index is 0.141. The van der Waals surface area contributed by atoms with Crippen LogP contribution in [0.5, 0.6) is 0 Å². The summed E-state index contributed by atoms with van der Waals surface area (Å²) in [7, 11) is 0. The van der Waals surface area contributed by atoms with Crippen LogP contribution in [-0.4, -0.2) is 64.6 Å². The molecule has 31 heavy (non-hydrogen) atoms. The van der Waals surface area contributed by atoms with Crippen LogP contribution in [0.15, 0.2) is 11.4 Å². The van der Waals surface area contributed by atoms with E-state index < -0.39 is 0 Å². The number of aryl methyl sites for hydroxylation is 1. The predicted molar refractivity (Wildman–Crippen MR) is 118 cm³/mol. The number of hydrogen-bond donors (Lipinski definition) is 2. The van der Waals surface area contributed by atoms with Gasteiger partial charge < -0.3 is 15.4 Å². The fourth-order valence-corrected chi connectivity index (χ4v) is 4.75. The first-order valence-electron chi connectivity index (χ1n) is 10.7. The Balaban J connectivity index is 1.41. The summed E-state index contributed by atoms with van der Waals surface area (Å²) in [6.45, 7) is 5.47. The second-order valence-corrected chi connectivity index (χ2v) is 8.84. The minimum Gasteiger partial charge on any atom is -0.381 e. The summed E-state index contributed by atoms with van der Waals surface area (Å²) in [5.41, 5.74) is 1.39. The number of nitrogens with zero attached hydrogens (tertiary/aromatic N) is 5. The Morgan fingerprint density at radius 1 is 1.32 bits per heavy atom. The predicted octanol–water partition coefficient (Wildman–Crippen LogP) is 2.60. The molecule has 4 rings (SSSR count). The summed E-state index contributed by atoms with van der Waals surface area (Å²) in [4.78, 5) is 28.2. The van der Waals surface area contributed by atoms with Crippen LogP contribution in [0.4, 0.5) is 10.9 Å². The molecular formula is C21H27N7O2S. The number of amides is 1. The molecule has 10 heteroatoms. The SMILES string of the molecule is Cc1nc(Nc2nc(C(=O)NC3CCOCC3)cs2)cc(C2CCCN(CC#N)C2)n1. The van der Waals surface area contributed by atoms with Crippen LogP contribution < -0.4 is 10.6 Å². The number of aromatic nitrogens is 3. The summed E-state index contributed by atoms with van der Waals surface area (Å²) in [5.74, 6) is 1.48. The third kappa shape index (κ3) is 5.76. The number of ether oxygens (including phenoxy) is 1. The lowest BCUT2D eigenvalue weighted by molar-refractivity contribution is 0.0694. The summed E-state index contributed by atoms with van der Waals surface area (Å²) < 4.78 is 5.33. The standard InChI is InChI=1S/C21H27N7O2S/c1-14-23-17(15-3-2-7-28(12-15)8-6-22)11-19(24-14)27-21-26-18(13-31-21)20(29)25-16-4-9-30-10-5-16/h11,13,15-16H,2-5,7-10,12H2,1H3,(H,25,29)(H,23,24,26,27). The number of nitrogens with one attached hydrogen (secondary N) is 2. The highest BCUT2D eigenvalue weighted by atomic mass is 32.1. The van der Waals surface area contributed by atoms with Crippen molar-refractivity contribution >= 4 is 28.2 Å². The van der Waals surface area contributed by atoms with Crippen molar-refractivity contribution in [1.82, 2.24) is 25.2 Å². The molecule has 2 aromatic heterocycles. The van der Waals surface area contributed by atoms with E-state index >= 15 is 0 Å². The fourth-order valence-electron chi connectivity index (χ4n) is 4.05. The molecule has 2 aliphatic rings. The van der Waals surface area contributed by atoms with Crippen molar-refractivity contribution in [3.63, 3.8) is 0 Å². The molecule has 0 saturated carbocycles. The van der Waals surface area contributed by atoms with Gasteiger partial charge >= 0.3 is 0 Å². The van der Waals surface area contributed by atoms with Crippen LogP contribution in [0.3, 0.4) is 0 Å². The summed E-state index contributed by atoms with van der Waals surface area (Å²) >= 11 is 1.38. The van der Waals surface area contributed by atoms with Gasteiger partial charge in [-0.15, -0.1) is 11.3 Å². The molecule has 9 nitrogen and oxygen atoms in total. The highest BCUT2D eigenvalue weighted by molar-refractivity contribution is 7.14. The lowest BCUT2D eigenvalue weighted by Gasteiger charge is -2.30. The number of piperidine rings is 1. The van der Waals surface area contributed by atoms with Crippen LogP contribution in [0.2, 0.25) is 0 Å². The van der Waals surface area contributed by atoms with Crippen LogP contribution >= 0.6 is 11.3 Å². The molecule has 1 atom stereocenters. The molecule has 1 amide bonds. The van der Waals surface area contributed by atoms with E-state index in [0.717, 1.165) is 44.5 Å². The van der Waals surface area contributed by atoms with E-state index in [-0.39, 0.29) is 17.9 Å². The number of rotatable bonds is 6. The largest absolute Gasteiger partial charge is 0.381 e. The van der Waals surface area contributed by atoms with E-state index in [4.69, 9.17) is 10.00 Å². The van der Waals surface area contributed by atoms with Gasteiger partial charge in [-0.25, -0.2) is 15.0 Å². The summed E-state index contributed by atoms with van der Waals surface area (Å²) in [6, 6.07) is 4.33. The van der Waals surface area contributed by atoms with Crippen molar-refractivity contribution in [2.45, 2.75) is 44.6 Å². The van der Waals surface area contributed by atoms with Crippen LogP contribution in [0.1, 0.15) is 53.6 Å². The second-order valence-electron chi connectivity index (χ2n) is 7.98. The monoisotopic (exact) mass is 441 g/mol. The topological polar surface area (TPSA) is 116 Å². The third-order valence-electron chi connectivity index (χ3n) is 5.60. The molecular weight excluding hydrogens is 414 g/mol. The Bertz CT molecular complexity index is 951.